The van der Waals surface area contributed by atoms with Crippen LogP contribution in [0.25, 0.3) is 11.0 Å². The van der Waals surface area contributed by atoms with E-state index < -0.39 is 0 Å². The molecule has 1 atom stereocenters. The molecule has 0 amide bonds. The number of furan rings is 1. The van der Waals surface area contributed by atoms with Crippen molar-refractivity contribution in [2.45, 2.75) is 26.4 Å². The fourth-order valence-electron chi connectivity index (χ4n) is 3.73. The normalized spacial score (nSPS) is 16.9. The monoisotopic (exact) mass is 369 g/mol. The highest BCUT2D eigenvalue weighted by atomic mass is 16.5. The third-order valence-electron chi connectivity index (χ3n) is 5.16. The van der Waals surface area contributed by atoms with Gasteiger partial charge in [-0.15, -0.1) is 0 Å². The summed E-state index contributed by atoms with van der Waals surface area (Å²) < 4.78 is 13.3. The van der Waals surface area contributed by atoms with E-state index in [4.69, 9.17) is 9.15 Å². The van der Waals surface area contributed by atoms with Crippen molar-refractivity contribution in [1.29, 1.82) is 0 Å². The zero-order chi connectivity index (χ0) is 18.8. The van der Waals surface area contributed by atoms with Crippen LogP contribution in [0, 0.1) is 13.8 Å². The molecule has 27 heavy (non-hydrogen) atoms. The quantitative estimate of drug-likeness (QED) is 0.719. The predicted octanol–water partition coefficient (Wildman–Crippen LogP) is 2.34. The largest absolute Gasteiger partial charge is 0.465 e. The average molecular weight is 369 g/mol. The average Bonchev–Trinajstić information content (AvgIpc) is 3.23. The van der Waals surface area contributed by atoms with Crippen molar-refractivity contribution in [2.75, 3.05) is 32.8 Å². The maximum Gasteiger partial charge on any atom is 0.157 e. The first-order valence-corrected chi connectivity index (χ1v) is 9.49. The number of aromatic nitrogens is 3. The van der Waals surface area contributed by atoms with E-state index >= 15 is 0 Å². The van der Waals surface area contributed by atoms with Crippen LogP contribution >= 0.6 is 0 Å². The Morgan fingerprint density at radius 3 is 2.78 bits per heavy atom. The Bertz CT molecular complexity index is 910. The Balaban J connectivity index is 1.45. The van der Waals surface area contributed by atoms with Gasteiger partial charge in [-0.25, -0.2) is 4.98 Å². The highest BCUT2D eigenvalue weighted by Gasteiger charge is 2.24. The van der Waals surface area contributed by atoms with Crippen LogP contribution in [0.15, 0.2) is 28.8 Å². The van der Waals surface area contributed by atoms with Gasteiger partial charge in [0, 0.05) is 44.8 Å². The number of nitrogens with one attached hydrogen (secondary N) is 1. The summed E-state index contributed by atoms with van der Waals surface area (Å²) in [4.78, 5) is 7.00. The third-order valence-corrected chi connectivity index (χ3v) is 5.16. The van der Waals surface area contributed by atoms with Gasteiger partial charge in [0.25, 0.3) is 0 Å². The highest BCUT2D eigenvalue weighted by molar-refractivity contribution is 5.78. The molecule has 1 saturated heterocycles. The van der Waals surface area contributed by atoms with Crippen molar-refractivity contribution in [3.63, 3.8) is 0 Å². The molecule has 0 spiro atoms. The minimum Gasteiger partial charge on any atom is -0.465 e. The van der Waals surface area contributed by atoms with Crippen molar-refractivity contribution in [2.24, 2.45) is 7.05 Å². The molecule has 4 heterocycles. The second kappa shape index (κ2) is 7.80. The van der Waals surface area contributed by atoms with Gasteiger partial charge in [0.05, 0.1) is 24.9 Å². The highest BCUT2D eigenvalue weighted by Crippen LogP contribution is 2.23. The predicted molar refractivity (Wildman–Crippen MR) is 104 cm³/mol. The molecule has 0 radical (unpaired) electrons. The number of pyridine rings is 1. The summed E-state index contributed by atoms with van der Waals surface area (Å²) in [5, 5.41) is 9.15. The summed E-state index contributed by atoms with van der Waals surface area (Å²) in [6.07, 6.45) is 1.93. The van der Waals surface area contributed by atoms with Gasteiger partial charge in [0.1, 0.15) is 11.5 Å². The fraction of sp³-hybridized carbons (Fsp3) is 0.500. The first-order valence-electron chi connectivity index (χ1n) is 9.49. The SMILES string of the molecule is Cc1ccc(C(CNCc2cnc3c(c2)c(C)nn3C)N2CCOCC2)o1. The molecule has 0 saturated carbocycles. The number of nitrogens with zero attached hydrogens (tertiary/aromatic N) is 4. The van der Waals surface area contributed by atoms with Gasteiger partial charge in [-0.05, 0) is 37.6 Å². The Morgan fingerprint density at radius 1 is 1.22 bits per heavy atom. The fourth-order valence-corrected chi connectivity index (χ4v) is 3.73. The van der Waals surface area contributed by atoms with Gasteiger partial charge >= 0.3 is 0 Å². The molecule has 1 fully saturated rings. The number of ether oxygens (including phenoxy) is 1. The smallest absolute Gasteiger partial charge is 0.157 e. The second-order valence-corrected chi connectivity index (χ2v) is 7.17. The maximum absolute atomic E-state index is 5.93. The van der Waals surface area contributed by atoms with Crippen molar-refractivity contribution >= 4 is 11.0 Å². The van der Waals surface area contributed by atoms with Crippen LogP contribution in [0.1, 0.15) is 28.8 Å². The standard InChI is InChI=1S/C20H27N5O2/c1-14-4-5-19(27-14)18(25-6-8-26-9-7-25)13-21-11-16-10-17-15(2)23-24(3)20(17)22-12-16/h4-5,10,12,18,21H,6-9,11,13H2,1-3H3. The van der Waals surface area contributed by atoms with Gasteiger partial charge in [0.15, 0.2) is 5.65 Å². The van der Waals surface area contributed by atoms with Gasteiger partial charge in [-0.1, -0.05) is 0 Å². The molecule has 3 aromatic heterocycles. The molecular formula is C20H27N5O2. The first-order chi connectivity index (χ1) is 13.1. The number of fused-ring (bicyclic) bond motifs is 1. The number of hydrogen-bond acceptors (Lipinski definition) is 6. The molecular weight excluding hydrogens is 342 g/mol. The van der Waals surface area contributed by atoms with E-state index in [9.17, 15) is 0 Å². The van der Waals surface area contributed by atoms with Crippen LogP contribution < -0.4 is 5.32 Å². The van der Waals surface area contributed by atoms with Gasteiger partial charge in [-0.2, -0.15) is 5.10 Å². The molecule has 7 heteroatoms. The molecule has 0 aliphatic carbocycles. The lowest BCUT2D eigenvalue weighted by molar-refractivity contribution is 0.0115. The Labute approximate surface area is 159 Å². The van der Waals surface area contributed by atoms with Crippen LogP contribution in [0.4, 0.5) is 0 Å². The molecule has 7 nitrogen and oxygen atoms in total. The molecule has 1 aliphatic rings. The number of aryl methyl sites for hydroxylation is 3. The molecule has 1 aliphatic heterocycles. The number of rotatable bonds is 6. The van der Waals surface area contributed by atoms with Crippen LogP contribution in [0.3, 0.4) is 0 Å². The third kappa shape index (κ3) is 3.90. The van der Waals surface area contributed by atoms with E-state index in [-0.39, 0.29) is 6.04 Å². The minimum absolute atomic E-state index is 0.208. The maximum atomic E-state index is 5.93. The van der Waals surface area contributed by atoms with Crippen LogP contribution in [0.5, 0.6) is 0 Å². The number of hydrogen-bond donors (Lipinski definition) is 1. The van der Waals surface area contributed by atoms with E-state index in [1.807, 2.05) is 37.8 Å². The topological polar surface area (TPSA) is 68.4 Å². The lowest BCUT2D eigenvalue weighted by atomic mass is 10.1. The van der Waals surface area contributed by atoms with Gasteiger partial charge < -0.3 is 14.5 Å². The molecule has 0 bridgehead atoms. The lowest BCUT2D eigenvalue weighted by Crippen LogP contribution is -2.42. The molecule has 4 rings (SSSR count). The Morgan fingerprint density at radius 2 is 2.04 bits per heavy atom. The summed E-state index contributed by atoms with van der Waals surface area (Å²) in [7, 11) is 1.93. The van der Waals surface area contributed by atoms with Crippen LogP contribution in [0.2, 0.25) is 0 Å². The van der Waals surface area contributed by atoms with E-state index in [1.165, 1.54) is 0 Å². The van der Waals surface area contributed by atoms with E-state index in [2.05, 4.69) is 32.4 Å². The van der Waals surface area contributed by atoms with Gasteiger partial charge in [-0.3, -0.25) is 9.58 Å². The molecule has 3 aromatic rings. The summed E-state index contributed by atoms with van der Waals surface area (Å²) >= 11 is 0. The Hall–Kier alpha value is -2.22. The van der Waals surface area contributed by atoms with Crippen molar-refractivity contribution < 1.29 is 9.15 Å². The van der Waals surface area contributed by atoms with Crippen molar-refractivity contribution in [1.82, 2.24) is 25.0 Å². The summed E-state index contributed by atoms with van der Waals surface area (Å²) in [5.74, 6) is 1.96. The zero-order valence-corrected chi connectivity index (χ0v) is 16.2. The van der Waals surface area contributed by atoms with E-state index in [0.29, 0.717) is 0 Å². The van der Waals surface area contributed by atoms with Crippen molar-refractivity contribution in [3.8, 4) is 0 Å². The molecule has 1 unspecified atom stereocenters. The molecule has 144 valence electrons. The van der Waals surface area contributed by atoms with Gasteiger partial charge in [0.2, 0.25) is 0 Å². The zero-order valence-electron chi connectivity index (χ0n) is 16.2. The van der Waals surface area contributed by atoms with Crippen LogP contribution in [-0.2, 0) is 18.3 Å². The second-order valence-electron chi connectivity index (χ2n) is 7.17. The van der Waals surface area contributed by atoms with Crippen LogP contribution in [-0.4, -0.2) is 52.5 Å². The lowest BCUT2D eigenvalue weighted by Gasteiger charge is -2.33. The summed E-state index contributed by atoms with van der Waals surface area (Å²) in [5.41, 5.74) is 3.10. The molecule has 0 aromatic carbocycles. The summed E-state index contributed by atoms with van der Waals surface area (Å²) in [6.45, 7) is 8.99. The first kappa shape index (κ1) is 18.2. The van der Waals surface area contributed by atoms with E-state index in [0.717, 1.165) is 73.2 Å². The van der Waals surface area contributed by atoms with E-state index in [1.54, 1.807) is 0 Å². The minimum atomic E-state index is 0.208. The summed E-state index contributed by atoms with van der Waals surface area (Å²) in [6, 6.07) is 6.51. The van der Waals surface area contributed by atoms with Crippen molar-refractivity contribution in [3.05, 3.63) is 47.2 Å². The molecule has 1 N–H and O–H groups in total. The number of morpholine rings is 1. The Kier molecular flexibility index (Phi) is 5.24.